The number of likely N-dealkylation sites (N-methyl/N-ethyl adjacent to an activating group) is 1. The first-order valence-electron chi connectivity index (χ1n) is 10.0. The van der Waals surface area contributed by atoms with Gasteiger partial charge >= 0.3 is 0 Å². The van der Waals surface area contributed by atoms with Crippen molar-refractivity contribution in [3.8, 4) is 0 Å². The number of hydrogen-bond donors (Lipinski definition) is 2. The fourth-order valence-corrected chi connectivity index (χ4v) is 3.42. The fourth-order valence-electron chi connectivity index (χ4n) is 3.42. The summed E-state index contributed by atoms with van der Waals surface area (Å²) in [6.45, 7) is 12.8. The van der Waals surface area contributed by atoms with Gasteiger partial charge in [0.1, 0.15) is 5.82 Å². The van der Waals surface area contributed by atoms with Crippen LogP contribution >= 0.6 is 0 Å². The van der Waals surface area contributed by atoms with E-state index in [0.717, 1.165) is 69.6 Å². The molecule has 6 heteroatoms. The molecule has 0 spiro atoms. The molecular formula is C20H36N6. The van der Waals surface area contributed by atoms with Gasteiger partial charge in [-0.1, -0.05) is 19.9 Å². The van der Waals surface area contributed by atoms with E-state index in [1.165, 1.54) is 6.42 Å². The maximum atomic E-state index is 4.64. The minimum atomic E-state index is 0.472. The Morgan fingerprint density at radius 2 is 2.04 bits per heavy atom. The van der Waals surface area contributed by atoms with Gasteiger partial charge in [-0.15, -0.1) is 0 Å². The third-order valence-corrected chi connectivity index (χ3v) is 4.96. The summed E-state index contributed by atoms with van der Waals surface area (Å²) in [5, 5.41) is 7.05. The molecule has 0 amide bonds. The summed E-state index contributed by atoms with van der Waals surface area (Å²) in [4.78, 5) is 13.9. The maximum Gasteiger partial charge on any atom is 0.191 e. The highest BCUT2D eigenvalue weighted by molar-refractivity contribution is 5.80. The summed E-state index contributed by atoms with van der Waals surface area (Å²) in [6, 6.07) is 6.72. The van der Waals surface area contributed by atoms with Gasteiger partial charge in [-0.25, -0.2) is 4.98 Å². The van der Waals surface area contributed by atoms with Crippen LogP contribution in [0.2, 0.25) is 0 Å². The van der Waals surface area contributed by atoms with Gasteiger partial charge in [-0.05, 0) is 51.4 Å². The SMILES string of the molecule is CCCN(CC)CCNC(=NC)NC1CCN(c2cccc(C)n2)CC1. The maximum absolute atomic E-state index is 4.64. The lowest BCUT2D eigenvalue weighted by Gasteiger charge is -2.34. The molecule has 0 aliphatic carbocycles. The Labute approximate surface area is 159 Å². The van der Waals surface area contributed by atoms with Crippen LogP contribution in [-0.2, 0) is 0 Å². The van der Waals surface area contributed by atoms with Crippen molar-refractivity contribution in [2.45, 2.75) is 46.1 Å². The smallest absolute Gasteiger partial charge is 0.191 e. The number of aromatic nitrogens is 1. The van der Waals surface area contributed by atoms with Crippen LogP contribution in [-0.4, -0.2) is 68.2 Å². The summed E-state index contributed by atoms with van der Waals surface area (Å²) in [7, 11) is 1.85. The van der Waals surface area contributed by atoms with Gasteiger partial charge in [0, 0.05) is 45.0 Å². The summed E-state index contributed by atoms with van der Waals surface area (Å²) in [5.74, 6) is 2.02. The quantitative estimate of drug-likeness (QED) is 0.550. The van der Waals surface area contributed by atoms with E-state index < -0.39 is 0 Å². The number of anilines is 1. The van der Waals surface area contributed by atoms with E-state index in [1.807, 2.05) is 20.0 Å². The molecule has 0 saturated carbocycles. The van der Waals surface area contributed by atoms with Crippen LogP contribution in [0.15, 0.2) is 23.2 Å². The molecule has 2 N–H and O–H groups in total. The highest BCUT2D eigenvalue weighted by atomic mass is 15.2. The predicted octanol–water partition coefficient (Wildman–Crippen LogP) is 2.26. The standard InChI is InChI=1S/C20H36N6/c1-5-13-25(6-2)16-12-22-20(21-4)24-18-10-14-26(15-11-18)19-9-7-8-17(3)23-19/h7-9,18H,5-6,10-16H2,1-4H3,(H2,21,22,24). The van der Waals surface area contributed by atoms with E-state index in [-0.39, 0.29) is 0 Å². The van der Waals surface area contributed by atoms with Gasteiger partial charge < -0.3 is 20.4 Å². The number of pyridine rings is 1. The van der Waals surface area contributed by atoms with E-state index in [0.29, 0.717) is 6.04 Å². The summed E-state index contributed by atoms with van der Waals surface area (Å²) in [6.07, 6.45) is 3.41. The minimum Gasteiger partial charge on any atom is -0.356 e. The summed E-state index contributed by atoms with van der Waals surface area (Å²) < 4.78 is 0. The summed E-state index contributed by atoms with van der Waals surface area (Å²) in [5.41, 5.74) is 1.08. The first kappa shape index (κ1) is 20.5. The van der Waals surface area contributed by atoms with Crippen molar-refractivity contribution in [1.82, 2.24) is 20.5 Å². The average Bonchev–Trinajstić information content (AvgIpc) is 2.67. The Bertz CT molecular complexity index is 551. The number of guanidine groups is 1. The van der Waals surface area contributed by atoms with Crippen molar-refractivity contribution in [1.29, 1.82) is 0 Å². The van der Waals surface area contributed by atoms with Crippen LogP contribution in [0.3, 0.4) is 0 Å². The lowest BCUT2D eigenvalue weighted by molar-refractivity contribution is 0.292. The lowest BCUT2D eigenvalue weighted by atomic mass is 10.1. The molecule has 0 atom stereocenters. The molecule has 0 aromatic carbocycles. The molecule has 2 heterocycles. The average molecular weight is 361 g/mol. The molecule has 0 radical (unpaired) electrons. The van der Waals surface area contributed by atoms with E-state index in [4.69, 9.17) is 0 Å². The second kappa shape index (κ2) is 11.0. The topological polar surface area (TPSA) is 55.8 Å². The van der Waals surface area contributed by atoms with Crippen molar-refractivity contribution in [3.05, 3.63) is 23.9 Å². The molecule has 26 heavy (non-hydrogen) atoms. The monoisotopic (exact) mass is 360 g/mol. The molecule has 1 saturated heterocycles. The molecule has 146 valence electrons. The van der Waals surface area contributed by atoms with Crippen molar-refractivity contribution in [2.75, 3.05) is 51.2 Å². The first-order valence-corrected chi connectivity index (χ1v) is 10.0. The van der Waals surface area contributed by atoms with E-state index in [2.05, 4.69) is 56.4 Å². The number of nitrogens with one attached hydrogen (secondary N) is 2. The third kappa shape index (κ3) is 6.48. The molecule has 1 aliphatic rings. The van der Waals surface area contributed by atoms with Gasteiger partial charge in [0.2, 0.25) is 0 Å². The van der Waals surface area contributed by atoms with Crippen LogP contribution < -0.4 is 15.5 Å². The lowest BCUT2D eigenvalue weighted by Crippen LogP contribution is -2.50. The van der Waals surface area contributed by atoms with Gasteiger partial charge in [0.15, 0.2) is 5.96 Å². The number of rotatable bonds is 8. The molecule has 1 aliphatic heterocycles. The highest BCUT2D eigenvalue weighted by Gasteiger charge is 2.20. The van der Waals surface area contributed by atoms with Crippen molar-refractivity contribution < 1.29 is 0 Å². The largest absolute Gasteiger partial charge is 0.356 e. The van der Waals surface area contributed by atoms with E-state index in [1.54, 1.807) is 0 Å². The molecule has 6 nitrogen and oxygen atoms in total. The Morgan fingerprint density at radius 3 is 2.65 bits per heavy atom. The first-order chi connectivity index (χ1) is 12.7. The molecule has 2 rings (SSSR count). The Balaban J connectivity index is 1.73. The van der Waals surface area contributed by atoms with Crippen LogP contribution in [0.1, 0.15) is 38.8 Å². The molecule has 1 fully saturated rings. The highest BCUT2D eigenvalue weighted by Crippen LogP contribution is 2.18. The molecular weight excluding hydrogens is 324 g/mol. The zero-order valence-corrected chi connectivity index (χ0v) is 17.0. The second-order valence-corrected chi connectivity index (χ2v) is 6.98. The molecule has 0 unspecified atom stereocenters. The zero-order chi connectivity index (χ0) is 18.8. The van der Waals surface area contributed by atoms with Crippen LogP contribution in [0, 0.1) is 6.92 Å². The zero-order valence-electron chi connectivity index (χ0n) is 17.0. The number of nitrogens with zero attached hydrogens (tertiary/aromatic N) is 4. The molecule has 1 aromatic rings. The van der Waals surface area contributed by atoms with E-state index >= 15 is 0 Å². The Morgan fingerprint density at radius 1 is 1.27 bits per heavy atom. The number of piperidine rings is 1. The molecule has 0 bridgehead atoms. The Hall–Kier alpha value is -1.82. The van der Waals surface area contributed by atoms with Crippen molar-refractivity contribution in [2.24, 2.45) is 4.99 Å². The predicted molar refractivity (Wildman–Crippen MR) is 111 cm³/mol. The van der Waals surface area contributed by atoms with Crippen molar-refractivity contribution >= 4 is 11.8 Å². The Kier molecular flexibility index (Phi) is 8.68. The molecule has 1 aromatic heterocycles. The second-order valence-electron chi connectivity index (χ2n) is 6.98. The number of hydrogen-bond acceptors (Lipinski definition) is 4. The summed E-state index contributed by atoms with van der Waals surface area (Å²) >= 11 is 0. The van der Waals surface area contributed by atoms with Crippen LogP contribution in [0.5, 0.6) is 0 Å². The van der Waals surface area contributed by atoms with E-state index in [9.17, 15) is 0 Å². The van der Waals surface area contributed by atoms with Crippen LogP contribution in [0.4, 0.5) is 5.82 Å². The van der Waals surface area contributed by atoms with Gasteiger partial charge in [0.05, 0.1) is 0 Å². The van der Waals surface area contributed by atoms with Gasteiger partial charge in [0.25, 0.3) is 0 Å². The minimum absolute atomic E-state index is 0.472. The normalized spacial score (nSPS) is 16.2. The number of aliphatic imine (C=N–C) groups is 1. The third-order valence-electron chi connectivity index (χ3n) is 4.96. The number of aryl methyl sites for hydroxylation is 1. The van der Waals surface area contributed by atoms with Crippen molar-refractivity contribution in [3.63, 3.8) is 0 Å². The van der Waals surface area contributed by atoms with Crippen LogP contribution in [0.25, 0.3) is 0 Å². The van der Waals surface area contributed by atoms with Gasteiger partial charge in [-0.2, -0.15) is 0 Å². The van der Waals surface area contributed by atoms with Gasteiger partial charge in [-0.3, -0.25) is 4.99 Å². The fraction of sp³-hybridized carbons (Fsp3) is 0.700.